The summed E-state index contributed by atoms with van der Waals surface area (Å²) in [5, 5.41) is 11.7. The zero-order chi connectivity index (χ0) is 24.9. The molecule has 0 aromatic carbocycles. The van der Waals surface area contributed by atoms with Crippen molar-refractivity contribution in [2.45, 2.75) is 26.2 Å². The van der Waals surface area contributed by atoms with E-state index in [9.17, 15) is 4.79 Å². The van der Waals surface area contributed by atoms with E-state index in [1.54, 1.807) is 23.7 Å². The molecule has 8 nitrogen and oxygen atoms in total. The van der Waals surface area contributed by atoms with Crippen LogP contribution in [0, 0.1) is 12.8 Å². The molecule has 7 rings (SSSR count). The maximum atomic E-state index is 12.4. The normalized spacial score (nSPS) is 13.8. The summed E-state index contributed by atoms with van der Waals surface area (Å²) >= 11 is 1.77. The molecule has 0 unspecified atom stereocenters. The average molecular weight is 506 g/mol. The van der Waals surface area contributed by atoms with Gasteiger partial charge in [0.2, 0.25) is 5.91 Å². The number of amides is 1. The molecule has 1 aliphatic carbocycles. The maximum Gasteiger partial charge on any atom is 0.227 e. The van der Waals surface area contributed by atoms with Gasteiger partial charge in [0, 0.05) is 44.6 Å². The largest absolute Gasteiger partial charge is 0.338 e. The highest BCUT2D eigenvalue weighted by Crippen LogP contribution is 2.36. The molecule has 0 radical (unpaired) electrons. The fraction of sp³-hybridized carbons (Fsp3) is 0.179. The summed E-state index contributed by atoms with van der Waals surface area (Å²) in [6.45, 7) is 2.11. The lowest BCUT2D eigenvalue weighted by molar-refractivity contribution is -0.122. The van der Waals surface area contributed by atoms with Crippen molar-refractivity contribution < 1.29 is 4.79 Å². The summed E-state index contributed by atoms with van der Waals surface area (Å²) < 4.78 is 0. The fourth-order valence-electron chi connectivity index (χ4n) is 4.76. The standard InChI is InChI=1S/C28H23N7OS/c1-15-5-8-24(37-15)19-9-10-30-27-20(19)12-23(33-27)26-25-22(34-35-26)7-6-21(32-25)17-11-18(14-29-13-17)31-28(36)16-3-2-4-16/h5-14,16H,2-4H2,1H3,(H,30,33)(H,31,36)(H,34,35). The number of nitrogens with one attached hydrogen (secondary N) is 3. The van der Waals surface area contributed by atoms with Crippen LogP contribution in [0.2, 0.25) is 0 Å². The van der Waals surface area contributed by atoms with Crippen molar-refractivity contribution in [2.75, 3.05) is 5.32 Å². The lowest BCUT2D eigenvalue weighted by atomic mass is 9.85. The number of aryl methyl sites for hydroxylation is 1. The van der Waals surface area contributed by atoms with Gasteiger partial charge in [-0.1, -0.05) is 6.42 Å². The molecule has 1 fully saturated rings. The number of H-pyrrole nitrogens is 2. The SMILES string of the molecule is Cc1ccc(-c2ccnc3[nH]c(-c4n[nH]c5ccc(-c6cncc(NC(=O)C7CCC7)c6)nc45)cc23)s1. The van der Waals surface area contributed by atoms with Gasteiger partial charge >= 0.3 is 0 Å². The van der Waals surface area contributed by atoms with Gasteiger partial charge in [-0.25, -0.2) is 9.97 Å². The minimum Gasteiger partial charge on any atom is -0.338 e. The highest BCUT2D eigenvalue weighted by atomic mass is 32.1. The number of pyridine rings is 3. The fourth-order valence-corrected chi connectivity index (χ4v) is 5.67. The van der Waals surface area contributed by atoms with Gasteiger partial charge in [-0.2, -0.15) is 5.10 Å². The van der Waals surface area contributed by atoms with Crippen LogP contribution in [-0.2, 0) is 4.79 Å². The van der Waals surface area contributed by atoms with Crippen LogP contribution >= 0.6 is 11.3 Å². The summed E-state index contributed by atoms with van der Waals surface area (Å²) in [7, 11) is 0. The van der Waals surface area contributed by atoms with Crippen molar-refractivity contribution in [3.63, 3.8) is 0 Å². The van der Waals surface area contributed by atoms with Crippen LogP contribution in [0.5, 0.6) is 0 Å². The van der Waals surface area contributed by atoms with Crippen molar-refractivity contribution in [1.82, 2.24) is 30.1 Å². The van der Waals surface area contributed by atoms with Crippen LogP contribution in [0.4, 0.5) is 5.69 Å². The highest BCUT2D eigenvalue weighted by Gasteiger charge is 2.25. The van der Waals surface area contributed by atoms with Gasteiger partial charge in [0.15, 0.2) is 0 Å². The molecule has 9 heteroatoms. The predicted octanol–water partition coefficient (Wildman–Crippen LogP) is 6.34. The second kappa shape index (κ2) is 8.63. The highest BCUT2D eigenvalue weighted by molar-refractivity contribution is 7.15. The molecule has 3 N–H and O–H groups in total. The number of hydrogen-bond acceptors (Lipinski definition) is 6. The Balaban J connectivity index is 1.26. The number of thiophene rings is 1. The number of carbonyl (C=O) groups is 1. The molecule has 6 heterocycles. The van der Waals surface area contributed by atoms with E-state index in [4.69, 9.17) is 4.98 Å². The summed E-state index contributed by atoms with van der Waals surface area (Å²) in [6.07, 6.45) is 8.29. The molecule has 0 aliphatic heterocycles. The van der Waals surface area contributed by atoms with Gasteiger partial charge < -0.3 is 10.3 Å². The molecule has 6 aromatic heterocycles. The number of rotatable bonds is 5. The molecular formula is C28H23N7OS. The third-order valence-electron chi connectivity index (χ3n) is 6.98. The minimum atomic E-state index is 0.0650. The number of aromatic amines is 2. The number of fused-ring (bicyclic) bond motifs is 2. The first-order valence-corrected chi connectivity index (χ1v) is 13.1. The van der Waals surface area contributed by atoms with Crippen molar-refractivity contribution in [2.24, 2.45) is 5.92 Å². The molecule has 1 aliphatic rings. The Labute approximate surface area is 216 Å². The number of nitrogens with zero attached hydrogens (tertiary/aromatic N) is 4. The van der Waals surface area contributed by atoms with E-state index in [-0.39, 0.29) is 11.8 Å². The first-order valence-electron chi connectivity index (χ1n) is 12.3. The van der Waals surface area contributed by atoms with Gasteiger partial charge in [-0.15, -0.1) is 11.3 Å². The van der Waals surface area contributed by atoms with Crippen LogP contribution in [-0.4, -0.2) is 36.0 Å². The van der Waals surface area contributed by atoms with Crippen LogP contribution in [0.15, 0.2) is 61.1 Å². The zero-order valence-electron chi connectivity index (χ0n) is 20.1. The first-order chi connectivity index (χ1) is 18.1. The number of aromatic nitrogens is 6. The van der Waals surface area contributed by atoms with E-state index in [0.29, 0.717) is 5.69 Å². The van der Waals surface area contributed by atoms with E-state index >= 15 is 0 Å². The smallest absolute Gasteiger partial charge is 0.227 e. The van der Waals surface area contributed by atoms with Crippen LogP contribution in [0.1, 0.15) is 24.1 Å². The molecule has 1 amide bonds. The second-order valence-electron chi connectivity index (χ2n) is 9.46. The lowest BCUT2D eigenvalue weighted by Crippen LogP contribution is -2.28. The zero-order valence-corrected chi connectivity index (χ0v) is 20.9. The monoisotopic (exact) mass is 505 g/mol. The number of hydrogen-bond donors (Lipinski definition) is 3. The van der Waals surface area contributed by atoms with Crippen LogP contribution in [0.3, 0.4) is 0 Å². The molecule has 1 saturated carbocycles. The number of carbonyl (C=O) groups excluding carboxylic acids is 1. The molecule has 0 spiro atoms. The molecular weight excluding hydrogens is 482 g/mol. The summed E-state index contributed by atoms with van der Waals surface area (Å²) in [5.74, 6) is 0.178. The summed E-state index contributed by atoms with van der Waals surface area (Å²) in [5.41, 5.74) is 7.38. The Morgan fingerprint density at radius 1 is 1.11 bits per heavy atom. The maximum absolute atomic E-state index is 12.4. The quantitative estimate of drug-likeness (QED) is 0.253. The molecule has 6 aromatic rings. The van der Waals surface area contributed by atoms with E-state index in [0.717, 1.165) is 69.5 Å². The summed E-state index contributed by atoms with van der Waals surface area (Å²) in [4.78, 5) is 32.1. The topological polar surface area (TPSA) is 112 Å². The van der Waals surface area contributed by atoms with Gasteiger partial charge in [0.05, 0.1) is 28.8 Å². The van der Waals surface area contributed by atoms with Gasteiger partial charge in [-0.3, -0.25) is 14.9 Å². The summed E-state index contributed by atoms with van der Waals surface area (Å²) in [6, 6.07) is 14.2. The Bertz CT molecular complexity index is 1790. The molecule has 0 bridgehead atoms. The average Bonchev–Trinajstić information content (AvgIpc) is 3.60. The van der Waals surface area contributed by atoms with Crippen LogP contribution < -0.4 is 5.32 Å². The number of anilines is 1. The molecule has 0 saturated heterocycles. The van der Waals surface area contributed by atoms with E-state index in [2.05, 4.69) is 55.6 Å². The van der Waals surface area contributed by atoms with E-state index < -0.39 is 0 Å². The Morgan fingerprint density at radius 2 is 2.03 bits per heavy atom. The Kier molecular flexibility index (Phi) is 5.10. The van der Waals surface area contributed by atoms with Crippen molar-refractivity contribution >= 4 is 45.0 Å². The third-order valence-corrected chi connectivity index (χ3v) is 8.01. The lowest BCUT2D eigenvalue weighted by Gasteiger charge is -2.24. The van der Waals surface area contributed by atoms with Crippen molar-refractivity contribution in [3.05, 3.63) is 65.9 Å². The van der Waals surface area contributed by atoms with Crippen molar-refractivity contribution in [1.29, 1.82) is 0 Å². The Morgan fingerprint density at radius 3 is 2.84 bits per heavy atom. The first kappa shape index (κ1) is 21.9. The Hall–Kier alpha value is -4.37. The second-order valence-corrected chi connectivity index (χ2v) is 10.7. The van der Waals surface area contributed by atoms with Gasteiger partial charge in [0.1, 0.15) is 16.9 Å². The minimum absolute atomic E-state index is 0.0650. The molecule has 0 atom stereocenters. The van der Waals surface area contributed by atoms with E-state index in [1.165, 1.54) is 9.75 Å². The molecule has 182 valence electrons. The predicted molar refractivity (Wildman–Crippen MR) is 146 cm³/mol. The molecule has 37 heavy (non-hydrogen) atoms. The van der Waals surface area contributed by atoms with Gasteiger partial charge in [-0.05, 0) is 62.2 Å². The van der Waals surface area contributed by atoms with E-state index in [1.807, 2.05) is 30.5 Å². The van der Waals surface area contributed by atoms with Crippen molar-refractivity contribution in [3.8, 4) is 33.1 Å². The van der Waals surface area contributed by atoms with Gasteiger partial charge in [0.25, 0.3) is 0 Å². The van der Waals surface area contributed by atoms with Crippen LogP contribution in [0.25, 0.3) is 55.2 Å². The third kappa shape index (κ3) is 3.88.